The zero-order valence-electron chi connectivity index (χ0n) is 19.8. The second-order valence-corrected chi connectivity index (χ2v) is 8.22. The van der Waals surface area contributed by atoms with E-state index in [2.05, 4.69) is 49.6 Å². The Morgan fingerprint density at radius 2 is 2.03 bits per heavy atom. The van der Waals surface area contributed by atoms with Crippen molar-refractivity contribution in [1.82, 2.24) is 20.3 Å². The highest BCUT2D eigenvalue weighted by atomic mass is 16.5. The lowest BCUT2D eigenvalue weighted by atomic mass is 9.98. The summed E-state index contributed by atoms with van der Waals surface area (Å²) >= 11 is 0. The zero-order valence-corrected chi connectivity index (χ0v) is 19.8. The maximum Gasteiger partial charge on any atom is 0.251 e. The number of rotatable bonds is 8. The molecule has 1 aromatic carbocycles. The molecule has 2 N–H and O–H groups in total. The van der Waals surface area contributed by atoms with Crippen LogP contribution in [0.2, 0.25) is 0 Å². The molecular formula is C26H30N6O2. The lowest BCUT2D eigenvalue weighted by Crippen LogP contribution is -2.27. The average molecular weight is 459 g/mol. The van der Waals surface area contributed by atoms with Crippen LogP contribution < -0.4 is 20.3 Å². The number of hydrogen-bond donors (Lipinski definition) is 2. The van der Waals surface area contributed by atoms with E-state index in [-0.39, 0.29) is 11.8 Å². The second-order valence-electron chi connectivity index (χ2n) is 8.22. The fourth-order valence-corrected chi connectivity index (χ4v) is 3.96. The van der Waals surface area contributed by atoms with Gasteiger partial charge >= 0.3 is 0 Å². The van der Waals surface area contributed by atoms with Crippen LogP contribution in [0.4, 0.5) is 11.6 Å². The fourth-order valence-electron chi connectivity index (χ4n) is 3.96. The molecule has 0 saturated heterocycles. The summed E-state index contributed by atoms with van der Waals surface area (Å²) in [7, 11) is 3.23. The van der Waals surface area contributed by atoms with Gasteiger partial charge in [-0.15, -0.1) is 0 Å². The number of hydrogen-bond acceptors (Lipinski definition) is 7. The Hall–Kier alpha value is -3.94. The van der Waals surface area contributed by atoms with Gasteiger partial charge in [0.1, 0.15) is 23.7 Å². The Bertz CT molecular complexity index is 1160. The molecule has 34 heavy (non-hydrogen) atoms. The van der Waals surface area contributed by atoms with Crippen molar-refractivity contribution >= 4 is 17.5 Å². The van der Waals surface area contributed by atoms with Gasteiger partial charge in [0.2, 0.25) is 0 Å². The molecule has 0 spiro atoms. The zero-order chi connectivity index (χ0) is 23.9. The highest BCUT2D eigenvalue weighted by Crippen LogP contribution is 2.28. The van der Waals surface area contributed by atoms with Gasteiger partial charge in [0.05, 0.1) is 12.8 Å². The van der Waals surface area contributed by atoms with Gasteiger partial charge in [-0.3, -0.25) is 4.79 Å². The number of benzene rings is 1. The summed E-state index contributed by atoms with van der Waals surface area (Å²) < 4.78 is 5.54. The van der Waals surface area contributed by atoms with Gasteiger partial charge in [0.25, 0.3) is 5.91 Å². The van der Waals surface area contributed by atoms with Gasteiger partial charge in [-0.2, -0.15) is 0 Å². The van der Waals surface area contributed by atoms with E-state index in [1.165, 1.54) is 0 Å². The van der Waals surface area contributed by atoms with Crippen LogP contribution in [-0.2, 0) is 0 Å². The Kier molecular flexibility index (Phi) is 7.37. The normalized spacial score (nSPS) is 13.9. The summed E-state index contributed by atoms with van der Waals surface area (Å²) in [4.78, 5) is 27.6. The van der Waals surface area contributed by atoms with E-state index in [0.29, 0.717) is 17.9 Å². The minimum Gasteiger partial charge on any atom is -0.496 e. The largest absolute Gasteiger partial charge is 0.496 e. The summed E-state index contributed by atoms with van der Waals surface area (Å²) in [5.41, 5.74) is 3.35. The molecule has 3 heterocycles. The molecule has 0 unspecified atom stereocenters. The first kappa shape index (κ1) is 23.2. The van der Waals surface area contributed by atoms with Crippen LogP contribution in [0, 0.1) is 0 Å². The number of pyridine rings is 1. The lowest BCUT2D eigenvalue weighted by molar-refractivity contribution is 0.0962. The molecule has 0 bridgehead atoms. The molecule has 0 saturated carbocycles. The summed E-state index contributed by atoms with van der Waals surface area (Å²) in [6, 6.07) is 11.5. The van der Waals surface area contributed by atoms with Crippen molar-refractivity contribution in [2.24, 2.45) is 0 Å². The van der Waals surface area contributed by atoms with Crippen molar-refractivity contribution in [1.29, 1.82) is 0 Å². The molecule has 1 amide bonds. The van der Waals surface area contributed by atoms with Crippen molar-refractivity contribution in [3.05, 3.63) is 72.2 Å². The van der Waals surface area contributed by atoms with Gasteiger partial charge in [0, 0.05) is 56.0 Å². The monoisotopic (exact) mass is 458 g/mol. The number of anilines is 2. The number of carbonyl (C=O) groups excluding carboxylic acids is 1. The lowest BCUT2D eigenvalue weighted by Gasteiger charge is -2.24. The molecule has 0 aliphatic carbocycles. The molecule has 1 aliphatic heterocycles. The minimum atomic E-state index is -0.139. The summed E-state index contributed by atoms with van der Waals surface area (Å²) in [6.07, 6.45) is 8.85. The number of nitrogens with one attached hydrogen (secondary N) is 2. The molecule has 8 nitrogen and oxygen atoms in total. The maximum atomic E-state index is 11.9. The SMILES string of the molecule is CNC(=O)c1ccc([C@H](C)CNc2cc(-c3ccc(N4CC=CCC4)nc3)ncn2)c(OC)c1. The average Bonchev–Trinajstić information content (AvgIpc) is 2.91. The Labute approximate surface area is 200 Å². The smallest absolute Gasteiger partial charge is 0.251 e. The van der Waals surface area contributed by atoms with E-state index in [4.69, 9.17) is 4.74 Å². The van der Waals surface area contributed by atoms with Crippen LogP contribution in [0.5, 0.6) is 5.75 Å². The minimum absolute atomic E-state index is 0.131. The number of amides is 1. The van der Waals surface area contributed by atoms with Gasteiger partial charge in [-0.25, -0.2) is 15.0 Å². The number of aromatic nitrogens is 3. The molecule has 0 radical (unpaired) electrons. The van der Waals surface area contributed by atoms with E-state index in [1.807, 2.05) is 36.5 Å². The van der Waals surface area contributed by atoms with E-state index in [0.717, 1.165) is 48.0 Å². The fraction of sp³-hybridized carbons (Fsp3) is 0.308. The van der Waals surface area contributed by atoms with Crippen molar-refractivity contribution in [2.75, 3.05) is 44.0 Å². The van der Waals surface area contributed by atoms with Crippen molar-refractivity contribution in [3.8, 4) is 17.0 Å². The molecule has 1 atom stereocenters. The Morgan fingerprint density at radius 1 is 1.15 bits per heavy atom. The van der Waals surface area contributed by atoms with Crippen LogP contribution in [0.25, 0.3) is 11.3 Å². The summed E-state index contributed by atoms with van der Waals surface area (Å²) in [6.45, 7) is 4.63. The van der Waals surface area contributed by atoms with E-state index in [9.17, 15) is 4.79 Å². The number of nitrogens with zero attached hydrogens (tertiary/aromatic N) is 4. The second kappa shape index (κ2) is 10.8. The molecule has 8 heteroatoms. The molecule has 4 rings (SSSR count). The first-order valence-corrected chi connectivity index (χ1v) is 11.4. The summed E-state index contributed by atoms with van der Waals surface area (Å²) in [5.74, 6) is 2.40. The van der Waals surface area contributed by atoms with Crippen molar-refractivity contribution in [3.63, 3.8) is 0 Å². The van der Waals surface area contributed by atoms with Crippen LogP contribution in [0.1, 0.15) is 35.2 Å². The highest BCUT2D eigenvalue weighted by Gasteiger charge is 2.15. The summed E-state index contributed by atoms with van der Waals surface area (Å²) in [5, 5.41) is 6.03. The Morgan fingerprint density at radius 3 is 2.74 bits per heavy atom. The molecular weight excluding hydrogens is 428 g/mol. The number of ether oxygens (including phenoxy) is 1. The third-order valence-electron chi connectivity index (χ3n) is 5.94. The first-order chi connectivity index (χ1) is 16.6. The Balaban J connectivity index is 1.43. The quantitative estimate of drug-likeness (QED) is 0.495. The topological polar surface area (TPSA) is 92.3 Å². The first-order valence-electron chi connectivity index (χ1n) is 11.4. The third-order valence-corrected chi connectivity index (χ3v) is 5.94. The van der Waals surface area contributed by atoms with Gasteiger partial charge in [0.15, 0.2) is 0 Å². The van der Waals surface area contributed by atoms with E-state index >= 15 is 0 Å². The van der Waals surface area contributed by atoms with Gasteiger partial charge in [-0.05, 0) is 36.2 Å². The number of methoxy groups -OCH3 is 1. The maximum absolute atomic E-state index is 11.9. The van der Waals surface area contributed by atoms with Crippen LogP contribution in [0.15, 0.2) is 61.1 Å². The standard InChI is InChI=1S/C26H30N6O2/c1-18(21-9-7-19(26(33)27-2)13-23(21)34-3)15-28-24-14-22(30-17-31-24)20-8-10-25(29-16-20)32-11-5-4-6-12-32/h4-5,7-10,13-14,16-18H,6,11-12,15H2,1-3H3,(H,27,33)(H,28,30,31)/t18-/m1/s1. The van der Waals surface area contributed by atoms with Gasteiger partial charge in [-0.1, -0.05) is 25.1 Å². The van der Waals surface area contributed by atoms with Crippen LogP contribution >= 0.6 is 0 Å². The van der Waals surface area contributed by atoms with Crippen molar-refractivity contribution < 1.29 is 9.53 Å². The molecule has 0 fully saturated rings. The molecule has 176 valence electrons. The van der Waals surface area contributed by atoms with Crippen LogP contribution in [-0.4, -0.2) is 54.7 Å². The van der Waals surface area contributed by atoms with Crippen LogP contribution in [0.3, 0.4) is 0 Å². The molecule has 2 aromatic heterocycles. The van der Waals surface area contributed by atoms with E-state index in [1.54, 1.807) is 26.6 Å². The van der Waals surface area contributed by atoms with E-state index < -0.39 is 0 Å². The molecule has 1 aliphatic rings. The number of carbonyl (C=O) groups is 1. The third kappa shape index (κ3) is 5.33. The van der Waals surface area contributed by atoms with Crippen molar-refractivity contribution in [2.45, 2.75) is 19.3 Å². The molecule has 3 aromatic rings. The van der Waals surface area contributed by atoms with Gasteiger partial charge < -0.3 is 20.3 Å². The highest BCUT2D eigenvalue weighted by molar-refractivity contribution is 5.94. The predicted octanol–water partition coefficient (Wildman–Crippen LogP) is 3.89. The predicted molar refractivity (Wildman–Crippen MR) is 135 cm³/mol.